The molecule has 9 heteroatoms. The molecule has 0 spiro atoms. The smallest absolute Gasteiger partial charge is 0.359 e. The fourth-order valence-electron chi connectivity index (χ4n) is 1.39. The molecule has 0 aromatic carbocycles. The van der Waals surface area contributed by atoms with Gasteiger partial charge in [-0.3, -0.25) is 14.9 Å². The Balaban J connectivity index is 2.74. The van der Waals surface area contributed by atoms with Crippen LogP contribution in [0.4, 0.5) is 11.5 Å². The molecule has 0 aliphatic carbocycles. The van der Waals surface area contributed by atoms with Crippen LogP contribution >= 0.6 is 11.3 Å². The molecule has 8 nitrogen and oxygen atoms in total. The van der Waals surface area contributed by atoms with Crippen molar-refractivity contribution in [3.63, 3.8) is 0 Å². The Morgan fingerprint density at radius 1 is 1.50 bits per heavy atom. The lowest BCUT2D eigenvalue weighted by Crippen LogP contribution is -2.30. The maximum atomic E-state index is 11.9. The molecule has 2 aromatic heterocycles. The van der Waals surface area contributed by atoms with Crippen molar-refractivity contribution in [1.29, 1.82) is 0 Å². The number of nitrogens with one attached hydrogen (secondary N) is 1. The van der Waals surface area contributed by atoms with Gasteiger partial charge in [0.25, 0.3) is 0 Å². The van der Waals surface area contributed by atoms with E-state index in [-0.39, 0.29) is 5.82 Å². The van der Waals surface area contributed by atoms with Crippen molar-refractivity contribution in [2.75, 3.05) is 5.32 Å². The Morgan fingerprint density at radius 2 is 2.17 bits per heavy atom. The molecule has 1 N–H and O–H groups in total. The van der Waals surface area contributed by atoms with E-state index in [1.54, 1.807) is 0 Å². The standard InChI is InChI=1S/C9H11N5O3S/c1-9(2,3)12-6-5(14(16)17)7(15)13-8(11-6)18-4-10-13/h4,12H,1-3H3. The monoisotopic (exact) mass is 269 g/mol. The van der Waals surface area contributed by atoms with Crippen LogP contribution in [0, 0.1) is 10.1 Å². The van der Waals surface area contributed by atoms with Crippen LogP contribution < -0.4 is 10.9 Å². The molecular weight excluding hydrogens is 258 g/mol. The molecule has 0 aliphatic heterocycles. The van der Waals surface area contributed by atoms with Gasteiger partial charge in [0.05, 0.1) is 4.92 Å². The SMILES string of the molecule is CC(C)(C)Nc1nc2scnn2c(=O)c1[N+](=O)[O-]. The molecular formula is C9H11N5O3S. The van der Waals surface area contributed by atoms with Gasteiger partial charge in [-0.1, -0.05) is 11.3 Å². The van der Waals surface area contributed by atoms with Crippen molar-refractivity contribution < 1.29 is 4.92 Å². The topological polar surface area (TPSA) is 102 Å². The Labute approximate surface area is 105 Å². The molecule has 0 atom stereocenters. The van der Waals surface area contributed by atoms with E-state index in [2.05, 4.69) is 15.4 Å². The molecule has 0 fully saturated rings. The molecule has 2 rings (SSSR count). The zero-order valence-electron chi connectivity index (χ0n) is 10.00. The molecule has 0 aliphatic rings. The van der Waals surface area contributed by atoms with Crippen LogP contribution in [0.25, 0.3) is 4.96 Å². The summed E-state index contributed by atoms with van der Waals surface area (Å²) in [6.07, 6.45) is 0. The van der Waals surface area contributed by atoms with Crippen LogP contribution in [-0.4, -0.2) is 25.1 Å². The second-order valence-corrected chi connectivity index (χ2v) is 5.49. The molecule has 18 heavy (non-hydrogen) atoms. The lowest BCUT2D eigenvalue weighted by Gasteiger charge is -2.20. The normalized spacial score (nSPS) is 11.7. The van der Waals surface area contributed by atoms with Crippen LogP contribution in [0.3, 0.4) is 0 Å². The third-order valence-corrected chi connectivity index (χ3v) is 2.68. The van der Waals surface area contributed by atoms with Gasteiger partial charge in [-0.2, -0.15) is 14.6 Å². The van der Waals surface area contributed by atoms with Crippen molar-refractivity contribution in [2.45, 2.75) is 26.3 Å². The predicted molar refractivity (Wildman–Crippen MR) is 67.2 cm³/mol. The molecule has 0 saturated carbocycles. The summed E-state index contributed by atoms with van der Waals surface area (Å²) in [5.41, 5.74) is -0.395. The lowest BCUT2D eigenvalue weighted by molar-refractivity contribution is -0.385. The minimum Gasteiger partial charge on any atom is -0.359 e. The summed E-state index contributed by atoms with van der Waals surface area (Å²) >= 11 is 1.14. The Kier molecular flexibility index (Phi) is 2.77. The average Bonchev–Trinajstić information content (AvgIpc) is 2.62. The maximum Gasteiger partial charge on any atom is 0.377 e. The summed E-state index contributed by atoms with van der Waals surface area (Å²) in [7, 11) is 0. The number of hydrogen-bond donors (Lipinski definition) is 1. The van der Waals surface area contributed by atoms with Gasteiger partial charge in [0.15, 0.2) is 0 Å². The van der Waals surface area contributed by atoms with Gasteiger partial charge in [0, 0.05) is 5.54 Å². The van der Waals surface area contributed by atoms with Crippen LogP contribution in [0.15, 0.2) is 10.3 Å². The van der Waals surface area contributed by atoms with Gasteiger partial charge >= 0.3 is 11.2 Å². The molecule has 2 aromatic rings. The zero-order chi connectivity index (χ0) is 13.5. The van der Waals surface area contributed by atoms with Gasteiger partial charge < -0.3 is 5.32 Å². The molecule has 0 unspecified atom stereocenters. The Hall–Kier alpha value is -2.03. The molecule has 2 heterocycles. The van der Waals surface area contributed by atoms with Gasteiger partial charge in [-0.15, -0.1) is 0 Å². The molecule has 0 amide bonds. The fraction of sp³-hybridized carbons (Fsp3) is 0.444. The van der Waals surface area contributed by atoms with Gasteiger partial charge in [0.1, 0.15) is 5.51 Å². The minimum atomic E-state index is -0.780. The highest BCUT2D eigenvalue weighted by Gasteiger charge is 2.27. The third-order valence-electron chi connectivity index (χ3n) is 2.00. The van der Waals surface area contributed by atoms with E-state index in [9.17, 15) is 14.9 Å². The largest absolute Gasteiger partial charge is 0.377 e. The summed E-state index contributed by atoms with van der Waals surface area (Å²) in [6.45, 7) is 5.48. The van der Waals surface area contributed by atoms with Crippen LogP contribution in [0.2, 0.25) is 0 Å². The van der Waals surface area contributed by atoms with E-state index in [4.69, 9.17) is 0 Å². The average molecular weight is 269 g/mol. The van der Waals surface area contributed by atoms with Crippen molar-refractivity contribution >= 4 is 27.8 Å². The minimum absolute atomic E-state index is 0.0262. The second-order valence-electron chi connectivity index (χ2n) is 4.68. The summed E-state index contributed by atoms with van der Waals surface area (Å²) < 4.78 is 0.927. The number of hydrogen-bond acceptors (Lipinski definition) is 7. The van der Waals surface area contributed by atoms with Crippen LogP contribution in [0.5, 0.6) is 0 Å². The van der Waals surface area contributed by atoms with Gasteiger partial charge in [0.2, 0.25) is 10.8 Å². The van der Waals surface area contributed by atoms with E-state index in [1.807, 2.05) is 20.8 Å². The number of rotatable bonds is 2. The van der Waals surface area contributed by atoms with E-state index in [1.165, 1.54) is 5.51 Å². The highest BCUT2D eigenvalue weighted by Crippen LogP contribution is 2.22. The first kappa shape index (κ1) is 12.4. The van der Waals surface area contributed by atoms with Crippen molar-refractivity contribution in [3.8, 4) is 0 Å². The number of fused-ring (bicyclic) bond motifs is 1. The summed E-state index contributed by atoms with van der Waals surface area (Å²) in [5, 5.41) is 17.6. The maximum absolute atomic E-state index is 11.9. The first-order valence-corrected chi connectivity index (χ1v) is 5.96. The Bertz CT molecular complexity index is 669. The fourth-order valence-corrected chi connectivity index (χ4v) is 2.00. The van der Waals surface area contributed by atoms with E-state index in [0.29, 0.717) is 4.96 Å². The van der Waals surface area contributed by atoms with Crippen LogP contribution in [0.1, 0.15) is 20.8 Å². The highest BCUT2D eigenvalue weighted by molar-refractivity contribution is 7.14. The van der Waals surface area contributed by atoms with Gasteiger partial charge in [-0.25, -0.2) is 0 Å². The number of nitrogens with zero attached hydrogens (tertiary/aromatic N) is 4. The van der Waals surface area contributed by atoms with Crippen molar-refractivity contribution in [3.05, 3.63) is 26.0 Å². The molecule has 0 bridgehead atoms. The van der Waals surface area contributed by atoms with E-state index < -0.39 is 21.7 Å². The number of anilines is 1. The number of aromatic nitrogens is 3. The van der Waals surface area contributed by atoms with E-state index in [0.717, 1.165) is 15.9 Å². The molecule has 96 valence electrons. The van der Waals surface area contributed by atoms with E-state index >= 15 is 0 Å². The quantitative estimate of drug-likeness (QED) is 0.650. The Morgan fingerprint density at radius 3 is 2.72 bits per heavy atom. The van der Waals surface area contributed by atoms with Crippen molar-refractivity contribution in [2.24, 2.45) is 0 Å². The second kappa shape index (κ2) is 4.02. The summed E-state index contributed by atoms with van der Waals surface area (Å²) in [6, 6.07) is 0. The zero-order valence-corrected chi connectivity index (χ0v) is 10.8. The molecule has 0 radical (unpaired) electrons. The van der Waals surface area contributed by atoms with Crippen LogP contribution in [-0.2, 0) is 0 Å². The highest BCUT2D eigenvalue weighted by atomic mass is 32.1. The van der Waals surface area contributed by atoms with Gasteiger partial charge in [-0.05, 0) is 20.8 Å². The number of nitro groups is 1. The first-order valence-electron chi connectivity index (χ1n) is 5.09. The third kappa shape index (κ3) is 2.16. The first-order chi connectivity index (χ1) is 8.29. The van der Waals surface area contributed by atoms with Crippen molar-refractivity contribution in [1.82, 2.24) is 14.6 Å². The molecule has 0 saturated heterocycles. The lowest BCUT2D eigenvalue weighted by atomic mass is 10.1. The predicted octanol–water partition coefficient (Wildman–Crippen LogP) is 1.27. The summed E-state index contributed by atoms with van der Waals surface area (Å²) in [5.74, 6) is -0.0262. The summed E-state index contributed by atoms with van der Waals surface area (Å²) in [4.78, 5) is 26.5.